The van der Waals surface area contributed by atoms with Gasteiger partial charge in [-0.15, -0.1) is 0 Å². The summed E-state index contributed by atoms with van der Waals surface area (Å²) in [4.78, 5) is 9.43. The van der Waals surface area contributed by atoms with Crippen molar-refractivity contribution in [1.82, 2.24) is 14.6 Å². The van der Waals surface area contributed by atoms with Crippen molar-refractivity contribution in [2.24, 2.45) is 0 Å². The molecule has 1 saturated heterocycles. The second-order valence-electron chi connectivity index (χ2n) is 10.3. The van der Waals surface area contributed by atoms with Gasteiger partial charge in [0.1, 0.15) is 4.90 Å². The minimum absolute atomic E-state index is 0.215. The second-order valence-corrected chi connectivity index (χ2v) is 12.0. The number of piperidine rings is 1. The van der Waals surface area contributed by atoms with Gasteiger partial charge >= 0.3 is 0 Å². The first-order valence-corrected chi connectivity index (χ1v) is 15.4. The number of anilines is 1. The average Bonchev–Trinajstić information content (AvgIpc) is 2.98. The maximum Gasteiger partial charge on any atom is 0.243 e. The summed E-state index contributed by atoms with van der Waals surface area (Å²) in [7, 11) is -3.69. The molecule has 0 bridgehead atoms. The lowest BCUT2D eigenvalue weighted by Crippen LogP contribution is -2.32. The molecule has 1 aromatic heterocycles. The van der Waals surface area contributed by atoms with Gasteiger partial charge < -0.3 is 4.90 Å². The largest absolute Gasteiger partial charge is 0.372 e. The molecular weight excluding hydrogens is 504 g/mol. The maximum atomic E-state index is 13.1. The van der Waals surface area contributed by atoms with Gasteiger partial charge in [-0.3, -0.25) is 9.88 Å². The Kier molecular flexibility index (Phi) is 8.60. The minimum atomic E-state index is -3.69. The first-order chi connectivity index (χ1) is 19.0. The summed E-state index contributed by atoms with van der Waals surface area (Å²) in [5, 5.41) is 0.811. The van der Waals surface area contributed by atoms with E-state index in [9.17, 15) is 8.42 Å². The Morgan fingerprint density at radius 3 is 2.36 bits per heavy atom. The molecular formula is C32H38N4O2S. The number of rotatable bonds is 10. The normalized spacial score (nSPS) is 15.0. The van der Waals surface area contributed by atoms with E-state index in [1.54, 1.807) is 18.3 Å². The molecule has 0 unspecified atom stereocenters. The molecule has 0 radical (unpaired) electrons. The molecule has 0 amide bonds. The van der Waals surface area contributed by atoms with Gasteiger partial charge in [-0.1, -0.05) is 54.6 Å². The highest BCUT2D eigenvalue weighted by molar-refractivity contribution is 7.89. The van der Waals surface area contributed by atoms with Gasteiger partial charge in [0, 0.05) is 43.4 Å². The fourth-order valence-corrected chi connectivity index (χ4v) is 6.78. The molecule has 39 heavy (non-hydrogen) atoms. The molecule has 5 rings (SSSR count). The zero-order chi connectivity index (χ0) is 27.2. The highest BCUT2D eigenvalue weighted by Crippen LogP contribution is 2.30. The Hall–Kier alpha value is -3.26. The van der Waals surface area contributed by atoms with Crippen LogP contribution < -0.4 is 9.62 Å². The van der Waals surface area contributed by atoms with Crippen LogP contribution in [0.2, 0.25) is 0 Å². The summed E-state index contributed by atoms with van der Waals surface area (Å²) in [6.45, 7) is 9.80. The molecule has 0 atom stereocenters. The molecule has 2 heterocycles. The lowest BCUT2D eigenvalue weighted by atomic mass is 9.88. The van der Waals surface area contributed by atoms with Crippen LogP contribution in [0.25, 0.3) is 10.9 Å². The molecule has 0 spiro atoms. The molecule has 6 nitrogen and oxygen atoms in total. The lowest BCUT2D eigenvalue weighted by molar-refractivity contribution is 0.204. The van der Waals surface area contributed by atoms with Crippen molar-refractivity contribution in [3.8, 4) is 0 Å². The van der Waals surface area contributed by atoms with Gasteiger partial charge in [0.05, 0.1) is 5.52 Å². The lowest BCUT2D eigenvalue weighted by Gasteiger charge is -2.32. The van der Waals surface area contributed by atoms with Gasteiger partial charge in [-0.25, -0.2) is 13.1 Å². The van der Waals surface area contributed by atoms with Gasteiger partial charge in [0.25, 0.3) is 0 Å². The van der Waals surface area contributed by atoms with Gasteiger partial charge in [-0.05, 0) is 86.7 Å². The van der Waals surface area contributed by atoms with E-state index in [0.717, 1.165) is 56.5 Å². The van der Waals surface area contributed by atoms with Crippen LogP contribution in [0.4, 0.5) is 5.69 Å². The predicted molar refractivity (Wildman–Crippen MR) is 159 cm³/mol. The molecule has 1 fully saturated rings. The summed E-state index contributed by atoms with van der Waals surface area (Å²) in [5.41, 5.74) is 5.41. The molecule has 3 aromatic carbocycles. The van der Waals surface area contributed by atoms with E-state index in [2.05, 4.69) is 69.8 Å². The van der Waals surface area contributed by atoms with Crippen LogP contribution in [0.1, 0.15) is 49.3 Å². The third kappa shape index (κ3) is 6.49. The van der Waals surface area contributed by atoms with E-state index in [4.69, 9.17) is 0 Å². The predicted octanol–water partition coefficient (Wildman–Crippen LogP) is 5.94. The first kappa shape index (κ1) is 27.3. The van der Waals surface area contributed by atoms with Crippen LogP contribution in [-0.4, -0.2) is 44.5 Å². The number of hydrogen-bond acceptors (Lipinski definition) is 5. The standard InChI is InChI=1S/C32H38N4O2S/c1-3-36(4-2)30-15-13-25(14-16-30)24-35-20-17-27(18-21-35)29-10-5-8-26(22-29)23-34-39(37,38)31-12-6-9-28-11-7-19-33-32(28)31/h5-16,19,22,27,34H,3-4,17-18,20-21,23-24H2,1-2H3. The number of hydrogen-bond donors (Lipinski definition) is 1. The Morgan fingerprint density at radius 2 is 1.62 bits per heavy atom. The van der Waals surface area contributed by atoms with Crippen molar-refractivity contribution >= 4 is 26.6 Å². The number of pyridine rings is 1. The van der Waals surface area contributed by atoms with Crippen LogP contribution in [0, 0.1) is 0 Å². The molecule has 4 aromatic rings. The molecule has 204 valence electrons. The summed E-state index contributed by atoms with van der Waals surface area (Å²) in [6, 6.07) is 26.3. The summed E-state index contributed by atoms with van der Waals surface area (Å²) < 4.78 is 29.0. The van der Waals surface area contributed by atoms with E-state index >= 15 is 0 Å². The van der Waals surface area contributed by atoms with Crippen molar-refractivity contribution in [2.45, 2.75) is 50.6 Å². The van der Waals surface area contributed by atoms with E-state index in [0.29, 0.717) is 11.4 Å². The van der Waals surface area contributed by atoms with Crippen molar-refractivity contribution in [1.29, 1.82) is 0 Å². The monoisotopic (exact) mass is 542 g/mol. The SMILES string of the molecule is CCN(CC)c1ccc(CN2CCC(c3cccc(CNS(=O)(=O)c4cccc5cccnc45)c3)CC2)cc1. The molecule has 1 N–H and O–H groups in total. The number of sulfonamides is 1. The zero-order valence-electron chi connectivity index (χ0n) is 22.9. The van der Waals surface area contributed by atoms with Crippen molar-refractivity contribution < 1.29 is 8.42 Å². The summed E-state index contributed by atoms with van der Waals surface area (Å²) in [5.74, 6) is 0.491. The highest BCUT2D eigenvalue weighted by Gasteiger charge is 2.22. The number of para-hydroxylation sites is 1. The Morgan fingerprint density at radius 1 is 0.897 bits per heavy atom. The van der Waals surface area contributed by atoms with Crippen LogP contribution in [0.3, 0.4) is 0 Å². The van der Waals surface area contributed by atoms with E-state index < -0.39 is 10.0 Å². The number of nitrogens with zero attached hydrogens (tertiary/aromatic N) is 3. The Balaban J connectivity index is 1.17. The molecule has 0 saturated carbocycles. The molecule has 0 aliphatic carbocycles. The molecule has 1 aliphatic heterocycles. The average molecular weight is 543 g/mol. The number of aromatic nitrogens is 1. The smallest absolute Gasteiger partial charge is 0.243 e. The number of benzene rings is 3. The van der Waals surface area contributed by atoms with Crippen LogP contribution >= 0.6 is 0 Å². The van der Waals surface area contributed by atoms with E-state index in [1.807, 2.05) is 30.3 Å². The maximum absolute atomic E-state index is 13.1. The van der Waals surface area contributed by atoms with E-state index in [1.165, 1.54) is 16.8 Å². The summed E-state index contributed by atoms with van der Waals surface area (Å²) >= 11 is 0. The van der Waals surface area contributed by atoms with Crippen LogP contribution in [0.15, 0.2) is 90.0 Å². The van der Waals surface area contributed by atoms with Crippen LogP contribution in [-0.2, 0) is 23.1 Å². The number of fused-ring (bicyclic) bond motifs is 1. The van der Waals surface area contributed by atoms with Crippen molar-refractivity contribution in [2.75, 3.05) is 31.1 Å². The van der Waals surface area contributed by atoms with Crippen molar-refractivity contribution in [3.05, 3.63) is 102 Å². The fourth-order valence-electron chi connectivity index (χ4n) is 5.59. The Labute approximate surface area is 232 Å². The zero-order valence-corrected chi connectivity index (χ0v) is 23.7. The third-order valence-corrected chi connectivity index (χ3v) is 9.27. The van der Waals surface area contributed by atoms with Crippen LogP contribution in [0.5, 0.6) is 0 Å². The second kappa shape index (κ2) is 12.3. The Bertz CT molecular complexity index is 1490. The quantitative estimate of drug-likeness (QED) is 0.269. The minimum Gasteiger partial charge on any atom is -0.372 e. The highest BCUT2D eigenvalue weighted by atomic mass is 32.2. The third-order valence-electron chi connectivity index (χ3n) is 7.83. The van der Waals surface area contributed by atoms with E-state index in [-0.39, 0.29) is 11.4 Å². The molecule has 1 aliphatic rings. The van der Waals surface area contributed by atoms with Gasteiger partial charge in [-0.2, -0.15) is 0 Å². The topological polar surface area (TPSA) is 65.5 Å². The van der Waals surface area contributed by atoms with Gasteiger partial charge in [0.2, 0.25) is 10.0 Å². The number of nitrogens with one attached hydrogen (secondary N) is 1. The number of likely N-dealkylation sites (tertiary alicyclic amines) is 1. The van der Waals surface area contributed by atoms with Gasteiger partial charge in [0.15, 0.2) is 0 Å². The van der Waals surface area contributed by atoms with Crippen molar-refractivity contribution in [3.63, 3.8) is 0 Å². The summed E-state index contributed by atoms with van der Waals surface area (Å²) in [6.07, 6.45) is 3.84. The fraction of sp³-hybridized carbons (Fsp3) is 0.344. The molecule has 7 heteroatoms. The first-order valence-electron chi connectivity index (χ1n) is 14.0.